The minimum Gasteiger partial charge on any atom is -0.483 e. The van der Waals surface area contributed by atoms with Gasteiger partial charge in [0.05, 0.1) is 22.6 Å². The largest absolute Gasteiger partial charge is 0.483 e. The molecule has 256 valence electrons. The molecule has 1 aliphatic heterocycles. The number of halogens is 3. The van der Waals surface area contributed by atoms with Gasteiger partial charge in [0, 0.05) is 34.9 Å². The van der Waals surface area contributed by atoms with Gasteiger partial charge in [-0.1, -0.05) is 23.4 Å². The zero-order valence-corrected chi connectivity index (χ0v) is 28.0. The number of carboxylic acid groups (broad SMARTS) is 1. The Balaban J connectivity index is 1.21. The molecule has 0 unspecified atom stereocenters. The molecule has 49 heavy (non-hydrogen) atoms. The van der Waals surface area contributed by atoms with Crippen LogP contribution in [-0.4, -0.2) is 58.9 Å². The van der Waals surface area contributed by atoms with Crippen molar-refractivity contribution in [3.63, 3.8) is 0 Å². The maximum atomic E-state index is 15.3. The van der Waals surface area contributed by atoms with Crippen LogP contribution in [0.1, 0.15) is 78.1 Å². The predicted octanol–water partition coefficient (Wildman–Crippen LogP) is 6.69. The van der Waals surface area contributed by atoms with Gasteiger partial charge < -0.3 is 25.4 Å². The van der Waals surface area contributed by atoms with E-state index in [1.807, 2.05) is 0 Å². The lowest BCUT2D eigenvalue weighted by Gasteiger charge is -2.32. The number of anilines is 1. The normalized spacial score (nSPS) is 14.8. The number of ether oxygens (including phenoxy) is 1. The fourth-order valence-corrected chi connectivity index (χ4v) is 5.71. The van der Waals surface area contributed by atoms with Crippen LogP contribution in [0.2, 0.25) is 5.02 Å². The smallest absolute Gasteiger partial charge is 0.318 e. The molecule has 0 radical (unpaired) electrons. The van der Waals surface area contributed by atoms with Gasteiger partial charge in [-0.05, 0) is 106 Å². The first kappa shape index (κ1) is 35.4. The van der Waals surface area contributed by atoms with Crippen LogP contribution in [0.4, 0.5) is 19.3 Å². The number of urea groups is 1. The molecule has 1 aliphatic carbocycles. The van der Waals surface area contributed by atoms with E-state index < -0.39 is 47.4 Å². The molecule has 9 nitrogen and oxygen atoms in total. The molecule has 0 aromatic heterocycles. The molecule has 3 aromatic rings. The summed E-state index contributed by atoms with van der Waals surface area (Å²) in [6, 6.07) is 11.1. The van der Waals surface area contributed by atoms with Gasteiger partial charge in [-0.2, -0.15) is 0 Å². The number of rotatable bonds is 9. The number of amides is 3. The van der Waals surface area contributed by atoms with E-state index in [1.54, 1.807) is 19.9 Å². The lowest BCUT2D eigenvalue weighted by molar-refractivity contribution is -0.143. The number of carbonyl (C=O) groups is 4. The molecule has 3 N–H and O–H groups in total. The molecule has 2 aliphatic rings. The summed E-state index contributed by atoms with van der Waals surface area (Å²) >= 11 is 6.16. The van der Waals surface area contributed by atoms with Crippen LogP contribution in [-0.2, 0) is 9.59 Å². The molecule has 3 amide bonds. The van der Waals surface area contributed by atoms with Crippen LogP contribution < -0.4 is 15.4 Å². The minimum absolute atomic E-state index is 0.0582. The van der Waals surface area contributed by atoms with Crippen LogP contribution in [0.3, 0.4) is 0 Å². The molecule has 0 bridgehead atoms. The van der Waals surface area contributed by atoms with Gasteiger partial charge in [-0.3, -0.25) is 14.4 Å². The second-order valence-corrected chi connectivity index (χ2v) is 13.3. The highest BCUT2D eigenvalue weighted by molar-refractivity contribution is 6.31. The zero-order chi connectivity index (χ0) is 35.5. The molecule has 1 saturated carbocycles. The Morgan fingerprint density at radius 3 is 2.41 bits per heavy atom. The number of aliphatic carboxylic acids is 1. The van der Waals surface area contributed by atoms with Crippen LogP contribution in [0.25, 0.3) is 0 Å². The van der Waals surface area contributed by atoms with Crippen molar-refractivity contribution < 1.29 is 37.8 Å². The number of benzene rings is 3. The minimum atomic E-state index is -1.03. The van der Waals surface area contributed by atoms with Gasteiger partial charge in [-0.15, -0.1) is 0 Å². The van der Waals surface area contributed by atoms with E-state index in [1.165, 1.54) is 48.2 Å². The van der Waals surface area contributed by atoms with Crippen molar-refractivity contribution in [2.24, 2.45) is 5.92 Å². The Morgan fingerprint density at radius 1 is 1.02 bits per heavy atom. The lowest BCUT2D eigenvalue weighted by Crippen LogP contribution is -2.51. The molecule has 12 heteroatoms. The molecular formula is C37H36ClF2N3O6. The molecular weight excluding hydrogens is 656 g/mol. The third-order valence-electron chi connectivity index (χ3n) is 8.50. The van der Waals surface area contributed by atoms with E-state index in [0.29, 0.717) is 25.9 Å². The quantitative estimate of drug-likeness (QED) is 0.170. The Bertz CT molecular complexity index is 1870. The summed E-state index contributed by atoms with van der Waals surface area (Å²) in [7, 11) is 0. The number of carbonyl (C=O) groups excluding carboxylic acids is 3. The number of nitrogens with zero attached hydrogens (tertiary/aromatic N) is 1. The Morgan fingerprint density at radius 2 is 1.73 bits per heavy atom. The molecule has 1 heterocycles. The summed E-state index contributed by atoms with van der Waals surface area (Å²) in [6.45, 7) is 4.94. The Hall–Kier alpha value is -4.95. The third-order valence-corrected chi connectivity index (χ3v) is 8.73. The fourth-order valence-electron chi connectivity index (χ4n) is 5.53. The van der Waals surface area contributed by atoms with E-state index in [9.17, 15) is 28.7 Å². The van der Waals surface area contributed by atoms with E-state index >= 15 is 4.39 Å². The number of piperidine rings is 1. The predicted molar refractivity (Wildman–Crippen MR) is 180 cm³/mol. The summed E-state index contributed by atoms with van der Waals surface area (Å²) in [4.78, 5) is 51.7. The maximum absolute atomic E-state index is 15.3. The molecule has 5 rings (SSSR count). The summed E-state index contributed by atoms with van der Waals surface area (Å²) in [6.07, 6.45) is 2.62. The summed E-state index contributed by atoms with van der Waals surface area (Å²) in [5, 5.41) is 14.8. The topological polar surface area (TPSA) is 125 Å². The highest BCUT2D eigenvalue weighted by Gasteiger charge is 2.29. The second kappa shape index (κ2) is 14.7. The van der Waals surface area contributed by atoms with Crippen LogP contribution >= 0.6 is 11.6 Å². The molecule has 2 fully saturated rings. The van der Waals surface area contributed by atoms with Gasteiger partial charge in [0.15, 0.2) is 12.4 Å². The van der Waals surface area contributed by atoms with E-state index in [4.69, 9.17) is 16.3 Å². The van der Waals surface area contributed by atoms with Crippen molar-refractivity contribution in [1.29, 1.82) is 0 Å². The summed E-state index contributed by atoms with van der Waals surface area (Å²) in [5.74, 6) is 2.32. The second-order valence-electron chi connectivity index (χ2n) is 12.9. The Labute approximate surface area is 288 Å². The molecule has 3 aromatic carbocycles. The SMILES string of the molecule is Cc1c(NC(=O)COc2ccc(Cl)cc2C(=O)c2cc(F)cc(C3CC3)c2)ccc(C#CC(C)(C)NC(=O)N2CCC(C(=O)O)CC2)c1F. The molecule has 0 atom stereocenters. The number of hydrogen-bond donors (Lipinski definition) is 3. The lowest BCUT2D eigenvalue weighted by atomic mass is 9.97. The van der Waals surface area contributed by atoms with Gasteiger partial charge in [0.2, 0.25) is 0 Å². The average molecular weight is 692 g/mol. The van der Waals surface area contributed by atoms with Gasteiger partial charge in [0.25, 0.3) is 5.91 Å². The van der Waals surface area contributed by atoms with Crippen LogP contribution in [0, 0.1) is 36.3 Å². The number of nitrogens with one attached hydrogen (secondary N) is 2. The van der Waals surface area contributed by atoms with E-state index in [-0.39, 0.29) is 50.7 Å². The first-order valence-electron chi connectivity index (χ1n) is 15.9. The van der Waals surface area contributed by atoms with Gasteiger partial charge in [-0.25, -0.2) is 13.6 Å². The van der Waals surface area contributed by atoms with Crippen molar-refractivity contribution in [3.05, 3.63) is 93.0 Å². The van der Waals surface area contributed by atoms with Gasteiger partial charge in [0.1, 0.15) is 17.4 Å². The average Bonchev–Trinajstić information content (AvgIpc) is 3.91. The monoisotopic (exact) mass is 691 g/mol. The highest BCUT2D eigenvalue weighted by Crippen LogP contribution is 2.41. The van der Waals surface area contributed by atoms with Crippen molar-refractivity contribution in [2.45, 2.75) is 57.9 Å². The van der Waals surface area contributed by atoms with Gasteiger partial charge >= 0.3 is 12.0 Å². The van der Waals surface area contributed by atoms with E-state index in [2.05, 4.69) is 22.5 Å². The summed E-state index contributed by atoms with van der Waals surface area (Å²) < 4.78 is 35.3. The number of carboxylic acids is 1. The van der Waals surface area contributed by atoms with Crippen molar-refractivity contribution >= 4 is 41.0 Å². The first-order chi connectivity index (χ1) is 23.2. The maximum Gasteiger partial charge on any atom is 0.318 e. The van der Waals surface area contributed by atoms with Crippen molar-refractivity contribution in [2.75, 3.05) is 25.0 Å². The molecule has 0 spiro atoms. The van der Waals surface area contributed by atoms with Crippen molar-refractivity contribution in [1.82, 2.24) is 10.2 Å². The zero-order valence-electron chi connectivity index (χ0n) is 27.3. The standard InChI is InChI=1S/C37H36ClF2N3O6/c1-21-30(8-6-23(33(21)40)10-13-37(2,3)42-36(48)43-14-11-24(12-15-43)35(46)47)41-32(44)20-49-31-9-7-27(38)19-29(31)34(45)26-16-25(22-4-5-22)17-28(39)18-26/h6-9,16-19,22,24H,4-5,11-12,14-15,20H2,1-3H3,(H,41,44)(H,42,48)(H,46,47). The number of hydrogen-bond acceptors (Lipinski definition) is 5. The fraction of sp³-hybridized carbons (Fsp3) is 0.351. The molecule has 1 saturated heterocycles. The van der Waals surface area contributed by atoms with Crippen LogP contribution in [0.15, 0.2) is 48.5 Å². The number of likely N-dealkylation sites (tertiary alicyclic amines) is 1. The number of ketones is 1. The Kier molecular flexibility index (Phi) is 10.6. The van der Waals surface area contributed by atoms with Crippen LogP contribution in [0.5, 0.6) is 5.75 Å². The van der Waals surface area contributed by atoms with E-state index in [0.717, 1.165) is 24.5 Å². The summed E-state index contributed by atoms with van der Waals surface area (Å²) in [5.41, 5.74) is 0.325. The third kappa shape index (κ3) is 8.95. The highest BCUT2D eigenvalue weighted by atomic mass is 35.5. The first-order valence-corrected chi connectivity index (χ1v) is 16.3. The van der Waals surface area contributed by atoms with Crippen molar-refractivity contribution in [3.8, 4) is 17.6 Å².